The Morgan fingerprint density at radius 1 is 1.24 bits per heavy atom. The molecule has 1 aliphatic rings. The lowest BCUT2D eigenvalue weighted by Gasteiger charge is -2.31. The lowest BCUT2D eigenvalue weighted by atomic mass is 9.89. The molecule has 1 saturated heterocycles. The minimum atomic E-state index is -0.699. The smallest absolute Gasteiger partial charge is 0.304 e. The molecule has 3 nitrogen and oxygen atoms in total. The van der Waals surface area contributed by atoms with Gasteiger partial charge in [0.1, 0.15) is 0 Å². The Morgan fingerprint density at radius 3 is 2.47 bits per heavy atom. The van der Waals surface area contributed by atoms with Crippen molar-refractivity contribution in [2.75, 3.05) is 19.6 Å². The largest absolute Gasteiger partial charge is 0.481 e. The molecule has 17 heavy (non-hydrogen) atoms. The number of rotatable bonds is 4. The van der Waals surface area contributed by atoms with Crippen molar-refractivity contribution in [3.05, 3.63) is 35.9 Å². The molecule has 1 heterocycles. The fourth-order valence-corrected chi connectivity index (χ4v) is 2.47. The Morgan fingerprint density at radius 2 is 1.88 bits per heavy atom. The molecule has 0 saturated carbocycles. The van der Waals surface area contributed by atoms with Gasteiger partial charge in [-0.2, -0.15) is 0 Å². The summed E-state index contributed by atoms with van der Waals surface area (Å²) >= 11 is 0. The molecule has 0 aliphatic carbocycles. The average molecular weight is 233 g/mol. The fraction of sp³-hybridized carbons (Fsp3) is 0.500. The Bertz CT molecular complexity index is 356. The number of hydrogen-bond acceptors (Lipinski definition) is 2. The van der Waals surface area contributed by atoms with Crippen LogP contribution in [0.15, 0.2) is 30.3 Å². The summed E-state index contributed by atoms with van der Waals surface area (Å²) in [6.45, 7) is 2.73. The first-order chi connectivity index (χ1) is 8.25. The molecule has 0 aromatic heterocycles. The summed E-state index contributed by atoms with van der Waals surface area (Å²) in [5.41, 5.74) is 1.42. The van der Waals surface area contributed by atoms with Gasteiger partial charge in [-0.3, -0.25) is 4.79 Å². The average Bonchev–Trinajstić information content (AvgIpc) is 2.38. The second kappa shape index (κ2) is 5.82. The number of carboxylic acid groups (broad SMARTS) is 1. The molecule has 1 aromatic carbocycles. The second-order valence-corrected chi connectivity index (χ2v) is 4.67. The van der Waals surface area contributed by atoms with Gasteiger partial charge in [-0.15, -0.1) is 0 Å². The Hall–Kier alpha value is -1.35. The molecule has 92 valence electrons. The van der Waals surface area contributed by atoms with Gasteiger partial charge in [-0.1, -0.05) is 30.3 Å². The number of piperidine rings is 1. The maximum atomic E-state index is 10.5. The number of carbonyl (C=O) groups is 1. The van der Waals surface area contributed by atoms with Gasteiger partial charge in [0.2, 0.25) is 0 Å². The molecule has 2 rings (SSSR count). The van der Waals surface area contributed by atoms with Crippen molar-refractivity contribution in [1.29, 1.82) is 0 Å². The second-order valence-electron chi connectivity index (χ2n) is 4.67. The molecular weight excluding hydrogens is 214 g/mol. The highest BCUT2D eigenvalue weighted by Crippen LogP contribution is 2.27. The van der Waals surface area contributed by atoms with Gasteiger partial charge < -0.3 is 10.0 Å². The van der Waals surface area contributed by atoms with Crippen molar-refractivity contribution in [1.82, 2.24) is 4.90 Å². The van der Waals surface area contributed by atoms with Crippen LogP contribution in [0.5, 0.6) is 0 Å². The first-order valence-electron chi connectivity index (χ1n) is 6.25. The van der Waals surface area contributed by atoms with E-state index in [0.29, 0.717) is 12.5 Å². The molecule has 0 atom stereocenters. The highest BCUT2D eigenvalue weighted by atomic mass is 16.4. The highest BCUT2D eigenvalue weighted by molar-refractivity contribution is 5.66. The van der Waals surface area contributed by atoms with Crippen molar-refractivity contribution in [3.63, 3.8) is 0 Å². The van der Waals surface area contributed by atoms with Crippen LogP contribution in [-0.4, -0.2) is 35.6 Å². The van der Waals surface area contributed by atoms with Gasteiger partial charge in [-0.25, -0.2) is 0 Å². The third-order valence-electron chi connectivity index (χ3n) is 3.50. The predicted octanol–water partition coefficient (Wildman–Crippen LogP) is 2.34. The van der Waals surface area contributed by atoms with Crippen LogP contribution in [-0.2, 0) is 4.79 Å². The van der Waals surface area contributed by atoms with Crippen LogP contribution in [0.4, 0.5) is 0 Å². The summed E-state index contributed by atoms with van der Waals surface area (Å²) in [6, 6.07) is 10.6. The third-order valence-corrected chi connectivity index (χ3v) is 3.50. The lowest BCUT2D eigenvalue weighted by Crippen LogP contribution is -2.34. The molecule has 1 aromatic rings. The molecule has 0 unspecified atom stereocenters. The summed E-state index contributed by atoms with van der Waals surface area (Å²) in [5.74, 6) is -0.0486. The zero-order chi connectivity index (χ0) is 12.1. The van der Waals surface area contributed by atoms with E-state index in [9.17, 15) is 4.79 Å². The van der Waals surface area contributed by atoms with Crippen molar-refractivity contribution in [2.24, 2.45) is 0 Å². The quantitative estimate of drug-likeness (QED) is 0.867. The van der Waals surface area contributed by atoms with E-state index in [-0.39, 0.29) is 6.42 Å². The topological polar surface area (TPSA) is 40.5 Å². The van der Waals surface area contributed by atoms with Crippen LogP contribution in [0, 0.1) is 0 Å². The number of aliphatic carboxylic acids is 1. The number of hydrogen-bond donors (Lipinski definition) is 1. The Kier molecular flexibility index (Phi) is 4.15. The van der Waals surface area contributed by atoms with Crippen LogP contribution < -0.4 is 0 Å². The zero-order valence-electron chi connectivity index (χ0n) is 10.0. The molecule has 0 bridgehead atoms. The fourth-order valence-electron chi connectivity index (χ4n) is 2.47. The molecular formula is C14H19NO2. The van der Waals surface area contributed by atoms with E-state index >= 15 is 0 Å². The summed E-state index contributed by atoms with van der Waals surface area (Å²) in [6.07, 6.45) is 2.54. The van der Waals surface area contributed by atoms with E-state index in [4.69, 9.17) is 5.11 Å². The first kappa shape index (κ1) is 12.1. The van der Waals surface area contributed by atoms with Crippen molar-refractivity contribution in [3.8, 4) is 0 Å². The van der Waals surface area contributed by atoms with Gasteiger partial charge in [0.15, 0.2) is 0 Å². The van der Waals surface area contributed by atoms with Crippen molar-refractivity contribution < 1.29 is 9.90 Å². The summed E-state index contributed by atoms with van der Waals surface area (Å²) in [5, 5.41) is 8.65. The van der Waals surface area contributed by atoms with E-state index in [0.717, 1.165) is 25.9 Å². The van der Waals surface area contributed by atoms with E-state index in [2.05, 4.69) is 29.2 Å². The number of carboxylic acids is 1. The number of nitrogens with zero attached hydrogens (tertiary/aromatic N) is 1. The molecule has 3 heteroatoms. The third kappa shape index (κ3) is 3.56. The highest BCUT2D eigenvalue weighted by Gasteiger charge is 2.20. The minimum absolute atomic E-state index is 0.260. The molecule has 0 radical (unpaired) electrons. The van der Waals surface area contributed by atoms with Crippen LogP contribution in [0.2, 0.25) is 0 Å². The van der Waals surface area contributed by atoms with Gasteiger partial charge in [0, 0.05) is 6.54 Å². The van der Waals surface area contributed by atoms with Crippen LogP contribution in [0.3, 0.4) is 0 Å². The molecule has 0 spiro atoms. The van der Waals surface area contributed by atoms with Crippen molar-refractivity contribution in [2.45, 2.75) is 25.2 Å². The van der Waals surface area contributed by atoms with E-state index in [1.54, 1.807) is 0 Å². The normalized spacial score (nSPS) is 18.1. The van der Waals surface area contributed by atoms with Crippen molar-refractivity contribution >= 4 is 5.97 Å². The Balaban J connectivity index is 1.80. The number of benzene rings is 1. The van der Waals surface area contributed by atoms with Gasteiger partial charge in [0.05, 0.1) is 6.42 Å². The van der Waals surface area contributed by atoms with Crippen LogP contribution in [0.25, 0.3) is 0 Å². The lowest BCUT2D eigenvalue weighted by molar-refractivity contribution is -0.137. The van der Waals surface area contributed by atoms with Gasteiger partial charge in [0.25, 0.3) is 0 Å². The minimum Gasteiger partial charge on any atom is -0.481 e. The van der Waals surface area contributed by atoms with Gasteiger partial charge >= 0.3 is 5.97 Å². The standard InChI is InChI=1S/C14H19NO2/c16-14(17)8-11-15-9-6-13(7-10-15)12-4-2-1-3-5-12/h1-5,13H,6-11H2,(H,16,17). The monoisotopic (exact) mass is 233 g/mol. The van der Waals surface area contributed by atoms with E-state index in [1.165, 1.54) is 5.56 Å². The molecule has 1 aliphatic heterocycles. The molecule has 1 fully saturated rings. The maximum absolute atomic E-state index is 10.5. The van der Waals surface area contributed by atoms with E-state index in [1.807, 2.05) is 6.07 Å². The predicted molar refractivity (Wildman–Crippen MR) is 67.1 cm³/mol. The van der Waals surface area contributed by atoms with Crippen LogP contribution in [0.1, 0.15) is 30.7 Å². The number of likely N-dealkylation sites (tertiary alicyclic amines) is 1. The summed E-state index contributed by atoms with van der Waals surface area (Å²) < 4.78 is 0. The maximum Gasteiger partial charge on any atom is 0.304 e. The first-order valence-corrected chi connectivity index (χ1v) is 6.25. The SMILES string of the molecule is O=C(O)CCN1CCC(c2ccccc2)CC1. The van der Waals surface area contributed by atoms with Gasteiger partial charge in [-0.05, 0) is 37.4 Å². The molecule has 1 N–H and O–H groups in total. The molecule has 0 amide bonds. The van der Waals surface area contributed by atoms with Crippen LogP contribution >= 0.6 is 0 Å². The zero-order valence-corrected chi connectivity index (χ0v) is 10.0. The summed E-state index contributed by atoms with van der Waals surface area (Å²) in [4.78, 5) is 12.8. The summed E-state index contributed by atoms with van der Waals surface area (Å²) in [7, 11) is 0. The Labute approximate surface area is 102 Å². The van der Waals surface area contributed by atoms with E-state index < -0.39 is 5.97 Å².